The normalized spacial score (nSPS) is 17.8. The van der Waals surface area contributed by atoms with Crippen LogP contribution in [0.4, 0.5) is 5.82 Å². The van der Waals surface area contributed by atoms with Gasteiger partial charge in [0.2, 0.25) is 5.28 Å². The fourth-order valence-electron chi connectivity index (χ4n) is 3.02. The van der Waals surface area contributed by atoms with Crippen LogP contribution in [-0.4, -0.2) is 16.0 Å². The summed E-state index contributed by atoms with van der Waals surface area (Å²) >= 11 is 7.77. The van der Waals surface area contributed by atoms with Crippen molar-refractivity contribution in [2.75, 3.05) is 5.32 Å². The van der Waals surface area contributed by atoms with Gasteiger partial charge < -0.3 is 5.32 Å². The first kappa shape index (κ1) is 14.1. The average Bonchev–Trinajstić information content (AvgIpc) is 3.07. The second kappa shape index (κ2) is 5.86. The second-order valence-electron chi connectivity index (χ2n) is 5.60. The first-order valence-corrected chi connectivity index (χ1v) is 8.59. The van der Waals surface area contributed by atoms with Crippen LogP contribution < -0.4 is 5.32 Å². The highest BCUT2D eigenvalue weighted by molar-refractivity contribution is 7.18. The topological polar surface area (TPSA) is 37.8 Å². The number of anilines is 1. The number of aryl methyl sites for hydroxylation is 1. The maximum absolute atomic E-state index is 6.06. The summed E-state index contributed by atoms with van der Waals surface area (Å²) in [4.78, 5) is 11.1. The van der Waals surface area contributed by atoms with Crippen LogP contribution in [-0.2, 0) is 6.42 Å². The molecule has 0 amide bonds. The third-order valence-corrected chi connectivity index (χ3v) is 5.58. The second-order valence-corrected chi connectivity index (χ2v) is 7.06. The number of fused-ring (bicyclic) bond motifs is 1. The van der Waals surface area contributed by atoms with E-state index >= 15 is 0 Å². The van der Waals surface area contributed by atoms with E-state index in [0.29, 0.717) is 11.3 Å². The van der Waals surface area contributed by atoms with Crippen molar-refractivity contribution in [1.29, 1.82) is 0 Å². The molecule has 0 radical (unpaired) electrons. The largest absolute Gasteiger partial charge is 0.367 e. The minimum atomic E-state index is 0.336. The number of nitrogens with zero attached hydrogens (tertiary/aromatic N) is 2. The molecular weight excluding hydrogens is 290 g/mol. The molecule has 1 fully saturated rings. The Morgan fingerprint density at radius 2 is 2.15 bits per heavy atom. The van der Waals surface area contributed by atoms with E-state index in [4.69, 9.17) is 11.6 Å². The lowest BCUT2D eigenvalue weighted by molar-refractivity contribution is 0.481. The fraction of sp³-hybridized carbons (Fsp3) is 0.600. The summed E-state index contributed by atoms with van der Waals surface area (Å²) in [6, 6.07) is 2.64. The molecule has 1 saturated carbocycles. The van der Waals surface area contributed by atoms with Gasteiger partial charge in [-0.1, -0.05) is 19.8 Å². The third-order valence-electron chi connectivity index (χ3n) is 4.24. The molecule has 2 aromatic heterocycles. The number of hydrogen-bond donors (Lipinski definition) is 1. The van der Waals surface area contributed by atoms with Crippen LogP contribution in [0, 0.1) is 5.92 Å². The van der Waals surface area contributed by atoms with E-state index in [9.17, 15) is 0 Å². The van der Waals surface area contributed by atoms with Gasteiger partial charge in [0.15, 0.2) is 0 Å². The molecule has 1 aliphatic carbocycles. The molecule has 20 heavy (non-hydrogen) atoms. The van der Waals surface area contributed by atoms with E-state index in [-0.39, 0.29) is 0 Å². The molecule has 0 aliphatic heterocycles. The molecule has 3 rings (SSSR count). The number of rotatable bonds is 4. The lowest BCUT2D eigenvalue weighted by Crippen LogP contribution is -2.24. The van der Waals surface area contributed by atoms with Crippen LogP contribution >= 0.6 is 22.9 Å². The Labute approximate surface area is 128 Å². The highest BCUT2D eigenvalue weighted by Gasteiger charge is 2.22. The Morgan fingerprint density at radius 1 is 1.40 bits per heavy atom. The zero-order valence-corrected chi connectivity index (χ0v) is 13.5. The summed E-state index contributed by atoms with van der Waals surface area (Å²) in [6.07, 6.45) is 6.38. The molecule has 108 valence electrons. The summed E-state index contributed by atoms with van der Waals surface area (Å²) in [6.45, 7) is 4.42. The summed E-state index contributed by atoms with van der Waals surface area (Å²) in [7, 11) is 0. The van der Waals surface area contributed by atoms with Gasteiger partial charge in [-0.25, -0.2) is 9.97 Å². The van der Waals surface area contributed by atoms with Gasteiger partial charge in [-0.2, -0.15) is 0 Å². The quantitative estimate of drug-likeness (QED) is 0.816. The van der Waals surface area contributed by atoms with Gasteiger partial charge in [0, 0.05) is 10.9 Å². The molecule has 1 N–H and O–H groups in total. The molecule has 0 saturated heterocycles. The highest BCUT2D eigenvalue weighted by Crippen LogP contribution is 2.33. The molecule has 5 heteroatoms. The predicted molar refractivity (Wildman–Crippen MR) is 86.8 cm³/mol. The van der Waals surface area contributed by atoms with Crippen LogP contribution in [0.15, 0.2) is 6.07 Å². The van der Waals surface area contributed by atoms with Crippen molar-refractivity contribution in [1.82, 2.24) is 9.97 Å². The number of hydrogen-bond acceptors (Lipinski definition) is 4. The fourth-order valence-corrected chi connectivity index (χ4v) is 4.21. The number of nitrogens with one attached hydrogen (secondary N) is 1. The molecular formula is C15H20ClN3S. The minimum absolute atomic E-state index is 0.336. The van der Waals surface area contributed by atoms with Crippen LogP contribution in [0.2, 0.25) is 5.28 Å². The number of thiophene rings is 1. The van der Waals surface area contributed by atoms with Gasteiger partial charge >= 0.3 is 0 Å². The Kier molecular flexibility index (Phi) is 4.13. The molecule has 3 nitrogen and oxygen atoms in total. The first-order valence-electron chi connectivity index (χ1n) is 7.40. The van der Waals surface area contributed by atoms with Crippen molar-refractivity contribution in [3.63, 3.8) is 0 Å². The van der Waals surface area contributed by atoms with E-state index < -0.39 is 0 Å². The highest BCUT2D eigenvalue weighted by atomic mass is 35.5. The standard InChI is InChI=1S/C15H20ClN3S/c1-3-11-8-12-13(18-15(16)19-14(12)20-11)17-9(2)10-6-4-5-7-10/h8-10H,3-7H2,1-2H3,(H,17,18,19). The lowest BCUT2D eigenvalue weighted by Gasteiger charge is -2.21. The average molecular weight is 310 g/mol. The molecule has 0 aromatic carbocycles. The predicted octanol–water partition coefficient (Wildman–Crippen LogP) is 4.90. The Hall–Kier alpha value is -0.870. The van der Waals surface area contributed by atoms with Gasteiger partial charge in [-0.3, -0.25) is 0 Å². The monoisotopic (exact) mass is 309 g/mol. The first-order chi connectivity index (χ1) is 9.67. The molecule has 2 aromatic rings. The molecule has 0 spiro atoms. The van der Waals surface area contributed by atoms with E-state index in [1.165, 1.54) is 30.6 Å². The maximum Gasteiger partial charge on any atom is 0.225 e. The van der Waals surface area contributed by atoms with Crippen molar-refractivity contribution < 1.29 is 0 Å². The minimum Gasteiger partial charge on any atom is -0.367 e. The summed E-state index contributed by atoms with van der Waals surface area (Å²) in [5.41, 5.74) is 0. The molecule has 2 heterocycles. The molecule has 1 unspecified atom stereocenters. The molecule has 1 aliphatic rings. The van der Waals surface area contributed by atoms with Crippen LogP contribution in [0.3, 0.4) is 0 Å². The van der Waals surface area contributed by atoms with Gasteiger partial charge in [-0.15, -0.1) is 11.3 Å². The molecule has 1 atom stereocenters. The van der Waals surface area contributed by atoms with Gasteiger partial charge in [-0.05, 0) is 49.8 Å². The Balaban J connectivity index is 1.91. The Morgan fingerprint density at radius 3 is 2.85 bits per heavy atom. The van der Waals surface area contributed by atoms with Gasteiger partial charge in [0.25, 0.3) is 0 Å². The van der Waals surface area contributed by atoms with Crippen molar-refractivity contribution in [3.8, 4) is 0 Å². The van der Waals surface area contributed by atoms with Gasteiger partial charge in [0.1, 0.15) is 10.6 Å². The zero-order valence-electron chi connectivity index (χ0n) is 11.9. The number of halogens is 1. The maximum atomic E-state index is 6.06. The van der Waals surface area contributed by atoms with E-state index in [1.807, 2.05) is 0 Å². The van der Waals surface area contributed by atoms with Crippen LogP contribution in [0.1, 0.15) is 44.4 Å². The lowest BCUT2D eigenvalue weighted by atomic mass is 10.00. The summed E-state index contributed by atoms with van der Waals surface area (Å²) in [5, 5.41) is 5.02. The SMILES string of the molecule is CCc1cc2c(NC(C)C3CCCC3)nc(Cl)nc2s1. The molecule has 0 bridgehead atoms. The van der Waals surface area contributed by atoms with E-state index in [1.54, 1.807) is 11.3 Å². The van der Waals surface area contributed by atoms with E-state index in [2.05, 4.69) is 35.2 Å². The van der Waals surface area contributed by atoms with Gasteiger partial charge in [0.05, 0.1) is 5.39 Å². The summed E-state index contributed by atoms with van der Waals surface area (Å²) < 4.78 is 0. The zero-order chi connectivity index (χ0) is 14.1. The Bertz CT molecular complexity index is 604. The van der Waals surface area contributed by atoms with Crippen molar-refractivity contribution in [3.05, 3.63) is 16.2 Å². The van der Waals surface area contributed by atoms with Crippen molar-refractivity contribution in [2.24, 2.45) is 5.92 Å². The van der Waals surface area contributed by atoms with E-state index in [0.717, 1.165) is 28.4 Å². The van der Waals surface area contributed by atoms with Crippen LogP contribution in [0.25, 0.3) is 10.2 Å². The number of aromatic nitrogens is 2. The van der Waals surface area contributed by atoms with Crippen molar-refractivity contribution in [2.45, 2.75) is 52.0 Å². The van der Waals surface area contributed by atoms with Crippen LogP contribution in [0.5, 0.6) is 0 Å². The smallest absolute Gasteiger partial charge is 0.225 e. The third kappa shape index (κ3) is 2.77. The summed E-state index contributed by atoms with van der Waals surface area (Å²) in [5.74, 6) is 1.65. The van der Waals surface area contributed by atoms with Crippen molar-refractivity contribution >= 4 is 39.0 Å².